The Labute approximate surface area is 169 Å². The SMILES string of the molecule is Cc1cc(N2CCN(C)CC2)nc(N2CCN(S(=O)(=O)CCC(F)(F)F)CC2)n1. The quantitative estimate of drug-likeness (QED) is 0.680. The molecule has 2 aliphatic rings. The molecule has 1 aromatic heterocycles. The summed E-state index contributed by atoms with van der Waals surface area (Å²) in [6, 6.07) is 1.94. The normalized spacial score (nSPS) is 20.3. The van der Waals surface area contributed by atoms with Crippen LogP contribution in [0.2, 0.25) is 0 Å². The Hall–Kier alpha value is -1.66. The predicted octanol–water partition coefficient (Wildman–Crippen LogP) is 0.941. The van der Waals surface area contributed by atoms with Gasteiger partial charge in [0, 0.05) is 64.1 Å². The van der Waals surface area contributed by atoms with Crippen LogP contribution in [0.4, 0.5) is 24.9 Å². The zero-order valence-corrected chi connectivity index (χ0v) is 17.5. The van der Waals surface area contributed by atoms with E-state index in [0.29, 0.717) is 19.0 Å². The molecule has 3 heterocycles. The first kappa shape index (κ1) is 22.0. The van der Waals surface area contributed by atoms with E-state index in [1.165, 1.54) is 0 Å². The lowest BCUT2D eigenvalue weighted by molar-refractivity contribution is -0.130. The standard InChI is InChI=1S/C17H27F3N6O2S/c1-14-13-15(24-6-4-23(2)5-7-24)22-16(21-14)25-8-10-26(11-9-25)29(27,28)12-3-17(18,19)20/h13H,3-12H2,1-2H3. The van der Waals surface area contributed by atoms with Crippen LogP contribution in [-0.2, 0) is 10.0 Å². The van der Waals surface area contributed by atoms with Crippen LogP contribution in [0.3, 0.4) is 0 Å². The number of hydrogen-bond donors (Lipinski definition) is 0. The van der Waals surface area contributed by atoms with E-state index in [9.17, 15) is 21.6 Å². The molecule has 0 atom stereocenters. The molecule has 2 saturated heterocycles. The Morgan fingerprint density at radius 1 is 0.966 bits per heavy atom. The second-order valence-electron chi connectivity index (χ2n) is 7.53. The van der Waals surface area contributed by atoms with E-state index in [1.807, 2.05) is 17.9 Å². The molecule has 0 radical (unpaired) electrons. The summed E-state index contributed by atoms with van der Waals surface area (Å²) in [6.45, 7) is 6.48. The molecular formula is C17H27F3N6O2S. The maximum Gasteiger partial charge on any atom is 0.390 e. The molecule has 12 heteroatoms. The number of nitrogens with zero attached hydrogens (tertiary/aromatic N) is 6. The minimum absolute atomic E-state index is 0.126. The lowest BCUT2D eigenvalue weighted by Gasteiger charge is -2.36. The van der Waals surface area contributed by atoms with E-state index >= 15 is 0 Å². The van der Waals surface area contributed by atoms with Crippen LogP contribution < -0.4 is 9.80 Å². The Bertz CT molecular complexity index is 804. The molecule has 0 aliphatic carbocycles. The molecule has 1 aromatic rings. The van der Waals surface area contributed by atoms with Crippen LogP contribution in [0, 0.1) is 6.92 Å². The van der Waals surface area contributed by atoms with Gasteiger partial charge >= 0.3 is 6.18 Å². The molecule has 2 fully saturated rings. The summed E-state index contributed by atoms with van der Waals surface area (Å²) in [4.78, 5) is 15.5. The average molecular weight is 437 g/mol. The zero-order chi connectivity index (χ0) is 21.2. The van der Waals surface area contributed by atoms with E-state index in [-0.39, 0.29) is 13.1 Å². The molecule has 0 bridgehead atoms. The molecule has 0 aromatic carbocycles. The van der Waals surface area contributed by atoms with E-state index in [0.717, 1.165) is 42.0 Å². The maximum atomic E-state index is 12.4. The Morgan fingerprint density at radius 3 is 2.14 bits per heavy atom. The van der Waals surface area contributed by atoms with Crippen molar-refractivity contribution in [3.05, 3.63) is 11.8 Å². The Morgan fingerprint density at radius 2 is 1.55 bits per heavy atom. The number of alkyl halides is 3. The third-order valence-corrected chi connectivity index (χ3v) is 7.09. The number of rotatable bonds is 5. The van der Waals surface area contributed by atoms with Gasteiger partial charge in [0.25, 0.3) is 0 Å². The van der Waals surface area contributed by atoms with Crippen LogP contribution in [-0.4, -0.2) is 98.9 Å². The number of halogens is 3. The fourth-order valence-corrected chi connectivity index (χ4v) is 4.88. The van der Waals surface area contributed by atoms with Crippen molar-refractivity contribution in [2.24, 2.45) is 0 Å². The minimum atomic E-state index is -4.48. The van der Waals surface area contributed by atoms with Gasteiger partial charge in [-0.15, -0.1) is 0 Å². The Kier molecular flexibility index (Phi) is 6.54. The molecule has 8 nitrogen and oxygen atoms in total. The minimum Gasteiger partial charge on any atom is -0.354 e. The summed E-state index contributed by atoms with van der Waals surface area (Å²) in [5.41, 5.74) is 0.823. The maximum absolute atomic E-state index is 12.4. The smallest absolute Gasteiger partial charge is 0.354 e. The van der Waals surface area contributed by atoms with Gasteiger partial charge in [-0.1, -0.05) is 0 Å². The first-order valence-electron chi connectivity index (χ1n) is 9.62. The van der Waals surface area contributed by atoms with Crippen LogP contribution in [0.1, 0.15) is 12.1 Å². The number of aromatic nitrogens is 2. The summed E-state index contributed by atoms with van der Waals surface area (Å²) in [7, 11) is -1.85. The highest BCUT2D eigenvalue weighted by Gasteiger charge is 2.34. The van der Waals surface area contributed by atoms with Gasteiger partial charge < -0.3 is 14.7 Å². The number of anilines is 2. The van der Waals surface area contributed by atoms with Crippen molar-refractivity contribution >= 4 is 21.8 Å². The molecule has 0 spiro atoms. The zero-order valence-electron chi connectivity index (χ0n) is 16.7. The molecule has 0 saturated carbocycles. The molecule has 0 N–H and O–H groups in total. The fourth-order valence-electron chi connectivity index (χ4n) is 3.42. The highest BCUT2D eigenvalue weighted by Crippen LogP contribution is 2.23. The van der Waals surface area contributed by atoms with Gasteiger partial charge in [-0.25, -0.2) is 13.4 Å². The molecule has 0 unspecified atom stereocenters. The molecule has 164 valence electrons. The number of sulfonamides is 1. The highest BCUT2D eigenvalue weighted by molar-refractivity contribution is 7.89. The lowest BCUT2D eigenvalue weighted by atomic mass is 10.3. The molecular weight excluding hydrogens is 409 g/mol. The van der Waals surface area contributed by atoms with Crippen molar-refractivity contribution in [2.75, 3.05) is 75.0 Å². The van der Waals surface area contributed by atoms with Gasteiger partial charge in [0.05, 0.1) is 12.2 Å². The van der Waals surface area contributed by atoms with Gasteiger partial charge in [-0.3, -0.25) is 0 Å². The molecule has 3 rings (SSSR count). The third kappa shape index (κ3) is 5.92. The fraction of sp³-hybridized carbons (Fsp3) is 0.765. The van der Waals surface area contributed by atoms with Gasteiger partial charge in [0.2, 0.25) is 16.0 Å². The van der Waals surface area contributed by atoms with Crippen molar-refractivity contribution in [2.45, 2.75) is 19.5 Å². The van der Waals surface area contributed by atoms with Crippen molar-refractivity contribution in [1.82, 2.24) is 19.2 Å². The lowest BCUT2D eigenvalue weighted by Crippen LogP contribution is -2.50. The second kappa shape index (κ2) is 8.60. The van der Waals surface area contributed by atoms with Crippen molar-refractivity contribution in [1.29, 1.82) is 0 Å². The van der Waals surface area contributed by atoms with Gasteiger partial charge in [-0.05, 0) is 14.0 Å². The van der Waals surface area contributed by atoms with Crippen LogP contribution in [0.25, 0.3) is 0 Å². The molecule has 29 heavy (non-hydrogen) atoms. The number of aryl methyl sites for hydroxylation is 1. The van der Waals surface area contributed by atoms with E-state index in [1.54, 1.807) is 0 Å². The number of piperazine rings is 2. The van der Waals surface area contributed by atoms with E-state index < -0.39 is 28.4 Å². The van der Waals surface area contributed by atoms with E-state index in [4.69, 9.17) is 0 Å². The van der Waals surface area contributed by atoms with Gasteiger partial charge in [0.15, 0.2) is 0 Å². The van der Waals surface area contributed by atoms with Crippen molar-refractivity contribution in [3.8, 4) is 0 Å². The van der Waals surface area contributed by atoms with Crippen LogP contribution >= 0.6 is 0 Å². The summed E-state index contributed by atoms with van der Waals surface area (Å²) in [5.74, 6) is 0.470. The van der Waals surface area contributed by atoms with Crippen molar-refractivity contribution < 1.29 is 21.6 Å². The number of likely N-dealkylation sites (N-methyl/N-ethyl adjacent to an activating group) is 1. The van der Waals surface area contributed by atoms with Gasteiger partial charge in [0.1, 0.15) is 5.82 Å². The highest BCUT2D eigenvalue weighted by atomic mass is 32.2. The second-order valence-corrected chi connectivity index (χ2v) is 9.61. The summed E-state index contributed by atoms with van der Waals surface area (Å²) < 4.78 is 62.6. The number of hydrogen-bond acceptors (Lipinski definition) is 7. The first-order chi connectivity index (χ1) is 13.5. The summed E-state index contributed by atoms with van der Waals surface area (Å²) in [6.07, 6.45) is -5.81. The van der Waals surface area contributed by atoms with Crippen LogP contribution in [0.15, 0.2) is 6.07 Å². The Balaban J connectivity index is 1.63. The third-order valence-electron chi connectivity index (χ3n) is 5.21. The van der Waals surface area contributed by atoms with Crippen molar-refractivity contribution in [3.63, 3.8) is 0 Å². The molecule has 2 aliphatic heterocycles. The van der Waals surface area contributed by atoms with Gasteiger partial charge in [-0.2, -0.15) is 22.5 Å². The molecule has 0 amide bonds. The van der Waals surface area contributed by atoms with Crippen LogP contribution in [0.5, 0.6) is 0 Å². The average Bonchev–Trinajstić information content (AvgIpc) is 2.66. The predicted molar refractivity (Wildman–Crippen MR) is 105 cm³/mol. The van der Waals surface area contributed by atoms with E-state index in [2.05, 4.69) is 26.8 Å². The summed E-state index contributed by atoms with van der Waals surface area (Å²) in [5, 5.41) is 0. The first-order valence-corrected chi connectivity index (χ1v) is 11.2. The summed E-state index contributed by atoms with van der Waals surface area (Å²) >= 11 is 0. The largest absolute Gasteiger partial charge is 0.390 e. The monoisotopic (exact) mass is 436 g/mol. The topological polar surface area (TPSA) is 72.9 Å².